The van der Waals surface area contributed by atoms with Crippen LogP contribution in [0.25, 0.3) is 16.3 Å². The van der Waals surface area contributed by atoms with Gasteiger partial charge in [0.2, 0.25) is 5.91 Å². The summed E-state index contributed by atoms with van der Waals surface area (Å²) in [6, 6.07) is 19.8. The molecule has 0 atom stereocenters. The minimum atomic E-state index is -0.642. The van der Waals surface area contributed by atoms with Crippen LogP contribution in [0.5, 0.6) is 0 Å². The molecule has 2 aromatic heterocycles. The van der Waals surface area contributed by atoms with Gasteiger partial charge < -0.3 is 15.4 Å². The van der Waals surface area contributed by atoms with Gasteiger partial charge in [0, 0.05) is 24.5 Å². The molecule has 33 heavy (non-hydrogen) atoms. The Bertz CT molecular complexity index is 1270. The average molecular weight is 461 g/mol. The van der Waals surface area contributed by atoms with Crippen LogP contribution in [0.1, 0.15) is 17.3 Å². The van der Waals surface area contributed by atoms with Crippen LogP contribution in [-0.2, 0) is 14.3 Å². The SMILES string of the molecule is CC(=O)Nc1ccc(NC(=O)COC(=O)c2cn(-c3ccccc3)nc2-c2cccs2)cc1. The van der Waals surface area contributed by atoms with E-state index in [-0.39, 0.29) is 11.5 Å². The van der Waals surface area contributed by atoms with Gasteiger partial charge in [-0.15, -0.1) is 11.3 Å². The zero-order chi connectivity index (χ0) is 23.2. The maximum Gasteiger partial charge on any atom is 0.342 e. The normalized spacial score (nSPS) is 10.5. The molecule has 0 saturated heterocycles. The number of rotatable bonds is 7. The lowest BCUT2D eigenvalue weighted by Gasteiger charge is -2.08. The number of anilines is 2. The van der Waals surface area contributed by atoms with Gasteiger partial charge in [-0.05, 0) is 47.8 Å². The Kier molecular flexibility index (Phi) is 6.61. The third kappa shape index (κ3) is 5.52. The van der Waals surface area contributed by atoms with Crippen molar-refractivity contribution in [3.05, 3.63) is 83.9 Å². The number of aromatic nitrogens is 2. The molecule has 166 valence electrons. The fourth-order valence-electron chi connectivity index (χ4n) is 3.08. The molecular weight excluding hydrogens is 440 g/mol. The molecule has 0 radical (unpaired) electrons. The van der Waals surface area contributed by atoms with Gasteiger partial charge in [-0.2, -0.15) is 5.10 Å². The number of esters is 1. The minimum Gasteiger partial charge on any atom is -0.452 e. The number of carbonyl (C=O) groups is 3. The third-order valence-electron chi connectivity index (χ3n) is 4.53. The van der Waals surface area contributed by atoms with E-state index in [9.17, 15) is 14.4 Å². The fourth-order valence-corrected chi connectivity index (χ4v) is 3.80. The van der Waals surface area contributed by atoms with Crippen molar-refractivity contribution in [3.63, 3.8) is 0 Å². The highest BCUT2D eigenvalue weighted by Crippen LogP contribution is 2.28. The van der Waals surface area contributed by atoms with Gasteiger partial charge >= 0.3 is 5.97 Å². The highest BCUT2D eigenvalue weighted by atomic mass is 32.1. The van der Waals surface area contributed by atoms with Gasteiger partial charge in [0.25, 0.3) is 5.91 Å². The van der Waals surface area contributed by atoms with E-state index in [0.29, 0.717) is 17.1 Å². The minimum absolute atomic E-state index is 0.184. The molecule has 2 amide bonds. The van der Waals surface area contributed by atoms with Crippen LogP contribution in [-0.4, -0.2) is 34.2 Å². The van der Waals surface area contributed by atoms with Crippen molar-refractivity contribution in [2.24, 2.45) is 0 Å². The molecule has 0 aliphatic carbocycles. The Hall–Kier alpha value is -4.24. The topological polar surface area (TPSA) is 102 Å². The zero-order valence-electron chi connectivity index (χ0n) is 17.6. The maximum atomic E-state index is 12.8. The molecule has 9 heteroatoms. The number of benzene rings is 2. The first-order chi connectivity index (χ1) is 16.0. The summed E-state index contributed by atoms with van der Waals surface area (Å²) in [5.41, 5.74) is 2.70. The monoisotopic (exact) mass is 460 g/mol. The number of thiophene rings is 1. The maximum absolute atomic E-state index is 12.8. The molecule has 0 bridgehead atoms. The van der Waals surface area contributed by atoms with Crippen LogP contribution in [0.2, 0.25) is 0 Å². The van der Waals surface area contributed by atoms with Gasteiger partial charge in [0.1, 0.15) is 11.3 Å². The first kappa shape index (κ1) is 22.0. The lowest BCUT2D eigenvalue weighted by atomic mass is 10.2. The Morgan fingerprint density at radius 1 is 0.939 bits per heavy atom. The summed E-state index contributed by atoms with van der Waals surface area (Å²) < 4.78 is 6.88. The van der Waals surface area contributed by atoms with Crippen LogP contribution >= 0.6 is 11.3 Å². The number of ether oxygens (including phenoxy) is 1. The summed E-state index contributed by atoms with van der Waals surface area (Å²) in [6.45, 7) is 0.962. The second-order valence-corrected chi connectivity index (χ2v) is 7.98. The molecule has 0 aliphatic heterocycles. The Morgan fingerprint density at radius 2 is 1.64 bits per heavy atom. The summed E-state index contributed by atoms with van der Waals surface area (Å²) in [6.07, 6.45) is 1.60. The van der Waals surface area contributed by atoms with Gasteiger partial charge in [0.05, 0.1) is 10.6 Å². The van der Waals surface area contributed by atoms with E-state index in [1.54, 1.807) is 35.1 Å². The van der Waals surface area contributed by atoms with Crippen molar-refractivity contribution in [1.82, 2.24) is 9.78 Å². The molecule has 2 N–H and O–H groups in total. The number of nitrogens with one attached hydrogen (secondary N) is 2. The van der Waals surface area contributed by atoms with Crippen LogP contribution in [0.3, 0.4) is 0 Å². The van der Waals surface area contributed by atoms with Gasteiger partial charge in [-0.3, -0.25) is 9.59 Å². The van der Waals surface area contributed by atoms with Crippen molar-refractivity contribution >= 4 is 40.5 Å². The van der Waals surface area contributed by atoms with E-state index >= 15 is 0 Å². The first-order valence-electron chi connectivity index (χ1n) is 10.0. The van der Waals surface area contributed by atoms with Crippen molar-refractivity contribution in [1.29, 1.82) is 0 Å². The van der Waals surface area contributed by atoms with Crippen LogP contribution in [0, 0.1) is 0 Å². The van der Waals surface area contributed by atoms with E-state index in [4.69, 9.17) is 4.74 Å². The fraction of sp³-hybridized carbons (Fsp3) is 0.0833. The summed E-state index contributed by atoms with van der Waals surface area (Å²) in [7, 11) is 0. The van der Waals surface area contributed by atoms with Crippen LogP contribution in [0.15, 0.2) is 78.3 Å². The summed E-state index contributed by atoms with van der Waals surface area (Å²) >= 11 is 1.46. The second kappa shape index (κ2) is 9.92. The summed E-state index contributed by atoms with van der Waals surface area (Å²) in [5.74, 6) is -1.31. The van der Waals surface area contributed by atoms with Crippen molar-refractivity contribution < 1.29 is 19.1 Å². The van der Waals surface area contributed by atoms with E-state index in [0.717, 1.165) is 10.6 Å². The molecule has 2 aromatic carbocycles. The quantitative estimate of drug-likeness (QED) is 0.399. The average Bonchev–Trinajstić information content (AvgIpc) is 3.49. The van der Waals surface area contributed by atoms with E-state index < -0.39 is 18.5 Å². The van der Waals surface area contributed by atoms with E-state index in [1.165, 1.54) is 18.3 Å². The number of hydrogen-bond donors (Lipinski definition) is 2. The van der Waals surface area contributed by atoms with Gasteiger partial charge in [-0.25, -0.2) is 9.48 Å². The molecule has 0 saturated carbocycles. The van der Waals surface area contributed by atoms with Crippen LogP contribution in [0.4, 0.5) is 11.4 Å². The molecular formula is C24H20N4O4S. The Labute approximate surface area is 193 Å². The number of hydrogen-bond acceptors (Lipinski definition) is 6. The number of para-hydroxylation sites is 1. The molecule has 0 spiro atoms. The lowest BCUT2D eigenvalue weighted by Crippen LogP contribution is -2.21. The Balaban J connectivity index is 1.44. The lowest BCUT2D eigenvalue weighted by molar-refractivity contribution is -0.119. The van der Waals surface area contributed by atoms with E-state index in [1.807, 2.05) is 47.8 Å². The predicted octanol–water partition coefficient (Wildman–Crippen LogP) is 4.35. The highest BCUT2D eigenvalue weighted by molar-refractivity contribution is 7.13. The first-order valence-corrected chi connectivity index (χ1v) is 10.9. The molecule has 2 heterocycles. The second-order valence-electron chi connectivity index (χ2n) is 7.03. The van der Waals surface area contributed by atoms with Crippen molar-refractivity contribution in [2.75, 3.05) is 17.2 Å². The van der Waals surface area contributed by atoms with Crippen LogP contribution < -0.4 is 10.6 Å². The summed E-state index contributed by atoms with van der Waals surface area (Å²) in [5, 5.41) is 11.8. The van der Waals surface area contributed by atoms with Gasteiger partial charge in [-0.1, -0.05) is 24.3 Å². The largest absolute Gasteiger partial charge is 0.452 e. The molecule has 8 nitrogen and oxygen atoms in total. The highest BCUT2D eigenvalue weighted by Gasteiger charge is 2.21. The molecule has 0 aliphatic rings. The molecule has 0 fully saturated rings. The van der Waals surface area contributed by atoms with E-state index in [2.05, 4.69) is 15.7 Å². The predicted molar refractivity (Wildman–Crippen MR) is 127 cm³/mol. The summed E-state index contributed by atoms with van der Waals surface area (Å²) in [4.78, 5) is 37.0. The number of amides is 2. The molecule has 4 aromatic rings. The smallest absolute Gasteiger partial charge is 0.342 e. The third-order valence-corrected chi connectivity index (χ3v) is 5.41. The number of carbonyl (C=O) groups excluding carboxylic acids is 3. The standard InChI is InChI=1S/C24H20N4O4S/c1-16(29)25-17-9-11-18(12-10-17)26-22(30)15-32-24(31)20-14-28(19-6-3-2-4-7-19)27-23(20)21-8-5-13-33-21/h2-14H,15H2,1H3,(H,25,29)(H,26,30). The number of nitrogens with zero attached hydrogens (tertiary/aromatic N) is 2. The molecule has 4 rings (SSSR count). The van der Waals surface area contributed by atoms with Crippen molar-refractivity contribution in [3.8, 4) is 16.3 Å². The van der Waals surface area contributed by atoms with Gasteiger partial charge in [0.15, 0.2) is 6.61 Å². The van der Waals surface area contributed by atoms with Crippen molar-refractivity contribution in [2.45, 2.75) is 6.92 Å². The zero-order valence-corrected chi connectivity index (χ0v) is 18.5. The Morgan fingerprint density at radius 3 is 2.27 bits per heavy atom. The molecule has 0 unspecified atom stereocenters.